The van der Waals surface area contributed by atoms with Crippen LogP contribution in [0.5, 0.6) is 11.5 Å². The Balaban J connectivity index is 2.16. The number of fused-ring (bicyclic) bond motifs is 1. The molecule has 2 aromatic carbocycles. The first-order valence-electron chi connectivity index (χ1n) is 10.8. The van der Waals surface area contributed by atoms with Crippen molar-refractivity contribution in [3.8, 4) is 11.5 Å². The number of nitrogens with zero attached hydrogens (tertiary/aromatic N) is 1. The van der Waals surface area contributed by atoms with Crippen molar-refractivity contribution < 1.29 is 27.8 Å². The van der Waals surface area contributed by atoms with Gasteiger partial charge in [0.1, 0.15) is 0 Å². The van der Waals surface area contributed by atoms with E-state index in [1.165, 1.54) is 4.31 Å². The van der Waals surface area contributed by atoms with Crippen LogP contribution in [0.3, 0.4) is 0 Å². The minimum absolute atomic E-state index is 0.194. The van der Waals surface area contributed by atoms with Gasteiger partial charge < -0.3 is 14.6 Å². The lowest BCUT2D eigenvalue weighted by Gasteiger charge is -2.36. The molecule has 0 aromatic heterocycles. The van der Waals surface area contributed by atoms with Gasteiger partial charge in [-0.25, -0.2) is 8.42 Å². The summed E-state index contributed by atoms with van der Waals surface area (Å²) >= 11 is 0. The topological polar surface area (TPSA) is 93.1 Å². The number of hydrogen-bond acceptors (Lipinski definition) is 5. The fourth-order valence-electron chi connectivity index (χ4n) is 4.58. The molecule has 0 spiro atoms. The summed E-state index contributed by atoms with van der Waals surface area (Å²) in [4.78, 5) is 12.0. The van der Waals surface area contributed by atoms with E-state index in [4.69, 9.17) is 9.47 Å². The summed E-state index contributed by atoms with van der Waals surface area (Å²) < 4.78 is 40.4. The van der Waals surface area contributed by atoms with Gasteiger partial charge in [0.15, 0.2) is 11.5 Å². The molecule has 0 fully saturated rings. The number of carboxylic acids is 1. The Morgan fingerprint density at radius 3 is 2.12 bits per heavy atom. The Bertz CT molecular complexity index is 1100. The van der Waals surface area contributed by atoms with Gasteiger partial charge in [0.05, 0.1) is 30.6 Å². The summed E-state index contributed by atoms with van der Waals surface area (Å²) in [5.74, 6) is 0.0152. The van der Waals surface area contributed by atoms with Crippen molar-refractivity contribution in [2.24, 2.45) is 0 Å². The highest BCUT2D eigenvalue weighted by atomic mass is 32.2. The first-order chi connectivity index (χ1) is 15.1. The lowest BCUT2D eigenvalue weighted by molar-refractivity contribution is -0.138. The van der Waals surface area contributed by atoms with Gasteiger partial charge in [0, 0.05) is 6.54 Å². The number of aryl methyl sites for hydroxylation is 3. The molecule has 7 nitrogen and oxygen atoms in total. The van der Waals surface area contributed by atoms with Gasteiger partial charge in [-0.05, 0) is 75.4 Å². The fourth-order valence-corrected chi connectivity index (χ4v) is 6.60. The Labute approximate surface area is 190 Å². The maximum atomic E-state index is 13.8. The van der Waals surface area contributed by atoms with E-state index in [1.807, 2.05) is 39.0 Å². The van der Waals surface area contributed by atoms with E-state index >= 15 is 0 Å². The highest BCUT2D eigenvalue weighted by molar-refractivity contribution is 7.89. The lowest BCUT2D eigenvalue weighted by Crippen LogP contribution is -2.41. The second kappa shape index (κ2) is 9.50. The van der Waals surface area contributed by atoms with Crippen LogP contribution in [0.2, 0.25) is 0 Å². The number of carbonyl (C=O) groups is 1. The molecule has 1 atom stereocenters. The van der Waals surface area contributed by atoms with Crippen LogP contribution in [-0.2, 0) is 21.2 Å². The number of carboxylic acid groups (broad SMARTS) is 1. The van der Waals surface area contributed by atoms with E-state index in [0.29, 0.717) is 47.8 Å². The van der Waals surface area contributed by atoms with Crippen molar-refractivity contribution in [2.75, 3.05) is 19.8 Å². The van der Waals surface area contributed by atoms with Crippen LogP contribution in [0.15, 0.2) is 29.2 Å². The molecule has 32 heavy (non-hydrogen) atoms. The number of benzene rings is 2. The SMILES string of the molecule is CCOc1cc2c(cc1OCC)[C@@H](CC(=O)O)N(S(=O)(=O)c1c(C)cc(C)cc1C)CC2. The van der Waals surface area contributed by atoms with E-state index in [9.17, 15) is 18.3 Å². The zero-order valence-corrected chi connectivity index (χ0v) is 20.1. The molecule has 0 unspecified atom stereocenters. The minimum Gasteiger partial charge on any atom is -0.490 e. The predicted molar refractivity (Wildman–Crippen MR) is 122 cm³/mol. The van der Waals surface area contributed by atoms with E-state index in [1.54, 1.807) is 19.9 Å². The normalized spacial score (nSPS) is 16.5. The van der Waals surface area contributed by atoms with Gasteiger partial charge in [0.25, 0.3) is 0 Å². The minimum atomic E-state index is -3.93. The van der Waals surface area contributed by atoms with Crippen molar-refractivity contribution in [3.05, 3.63) is 52.1 Å². The molecule has 0 saturated heterocycles. The molecule has 8 heteroatoms. The van der Waals surface area contributed by atoms with E-state index in [2.05, 4.69) is 0 Å². The maximum absolute atomic E-state index is 13.8. The van der Waals surface area contributed by atoms with Crippen molar-refractivity contribution >= 4 is 16.0 Å². The Kier molecular flexibility index (Phi) is 7.15. The molecule has 0 radical (unpaired) electrons. The molecule has 3 rings (SSSR count). The summed E-state index contributed by atoms with van der Waals surface area (Å²) in [6, 6.07) is 6.44. The molecule has 1 aliphatic rings. The number of ether oxygens (including phenoxy) is 2. The van der Waals surface area contributed by atoms with Gasteiger partial charge in [-0.2, -0.15) is 4.31 Å². The van der Waals surface area contributed by atoms with Gasteiger partial charge in [-0.15, -0.1) is 0 Å². The second-order valence-electron chi connectivity index (χ2n) is 8.07. The molecule has 0 saturated carbocycles. The third-order valence-electron chi connectivity index (χ3n) is 5.65. The molecule has 1 aliphatic heterocycles. The number of hydrogen-bond donors (Lipinski definition) is 1. The van der Waals surface area contributed by atoms with Crippen LogP contribution in [-0.4, -0.2) is 43.6 Å². The zero-order chi connectivity index (χ0) is 23.6. The highest BCUT2D eigenvalue weighted by Crippen LogP contribution is 2.42. The number of rotatable bonds is 8. The van der Waals surface area contributed by atoms with Crippen molar-refractivity contribution in [1.82, 2.24) is 4.31 Å². The summed E-state index contributed by atoms with van der Waals surface area (Å²) in [6.07, 6.45) is 0.122. The van der Waals surface area contributed by atoms with Gasteiger partial charge >= 0.3 is 5.97 Å². The van der Waals surface area contributed by atoms with Crippen LogP contribution >= 0.6 is 0 Å². The van der Waals surface area contributed by atoms with Crippen molar-refractivity contribution in [2.45, 2.75) is 58.4 Å². The van der Waals surface area contributed by atoms with Crippen LogP contribution < -0.4 is 9.47 Å². The molecular weight excluding hydrogens is 430 g/mol. The van der Waals surface area contributed by atoms with E-state index < -0.39 is 22.0 Å². The first kappa shape index (κ1) is 24.1. The number of aliphatic carboxylic acids is 1. The molecule has 0 aliphatic carbocycles. The Hall–Kier alpha value is -2.58. The van der Waals surface area contributed by atoms with Gasteiger partial charge in [0.2, 0.25) is 10.0 Å². The quantitative estimate of drug-likeness (QED) is 0.634. The average molecular weight is 462 g/mol. The third-order valence-corrected chi connectivity index (χ3v) is 7.87. The van der Waals surface area contributed by atoms with Crippen LogP contribution in [0.1, 0.15) is 54.1 Å². The van der Waals surface area contributed by atoms with Crippen molar-refractivity contribution in [1.29, 1.82) is 0 Å². The van der Waals surface area contributed by atoms with Crippen LogP contribution in [0, 0.1) is 20.8 Å². The van der Waals surface area contributed by atoms with Gasteiger partial charge in [-0.1, -0.05) is 17.7 Å². The Morgan fingerprint density at radius 1 is 1.03 bits per heavy atom. The molecular formula is C24H31NO6S. The zero-order valence-electron chi connectivity index (χ0n) is 19.3. The maximum Gasteiger partial charge on any atom is 0.305 e. The summed E-state index contributed by atoms with van der Waals surface area (Å²) in [6.45, 7) is 10.3. The summed E-state index contributed by atoms with van der Waals surface area (Å²) in [5.41, 5.74) is 3.83. The van der Waals surface area contributed by atoms with Gasteiger partial charge in [-0.3, -0.25) is 4.79 Å². The van der Waals surface area contributed by atoms with Crippen LogP contribution in [0.25, 0.3) is 0 Å². The van der Waals surface area contributed by atoms with E-state index in [0.717, 1.165) is 11.1 Å². The predicted octanol–water partition coefficient (Wildman–Crippen LogP) is 4.17. The Morgan fingerprint density at radius 2 is 1.59 bits per heavy atom. The van der Waals surface area contributed by atoms with Crippen molar-refractivity contribution in [3.63, 3.8) is 0 Å². The van der Waals surface area contributed by atoms with Crippen LogP contribution in [0.4, 0.5) is 0 Å². The van der Waals surface area contributed by atoms with E-state index in [-0.39, 0.29) is 17.9 Å². The molecule has 174 valence electrons. The molecule has 0 bridgehead atoms. The average Bonchev–Trinajstić information content (AvgIpc) is 2.67. The summed E-state index contributed by atoms with van der Waals surface area (Å²) in [7, 11) is -3.93. The first-order valence-corrected chi connectivity index (χ1v) is 12.3. The molecule has 2 aromatic rings. The highest BCUT2D eigenvalue weighted by Gasteiger charge is 2.39. The smallest absolute Gasteiger partial charge is 0.305 e. The number of sulfonamides is 1. The summed E-state index contributed by atoms with van der Waals surface area (Å²) in [5, 5.41) is 9.63. The second-order valence-corrected chi connectivity index (χ2v) is 9.90. The fraction of sp³-hybridized carbons (Fsp3) is 0.458. The standard InChI is InChI=1S/C24H31NO6S/c1-6-30-21-12-18-8-9-25(20(14-23(26)27)19(18)13-22(21)31-7-2)32(28,29)24-16(4)10-15(3)11-17(24)5/h10-13,20H,6-9,14H2,1-5H3,(H,26,27)/t20-/m1/s1. The largest absolute Gasteiger partial charge is 0.490 e. The molecule has 0 amide bonds. The third kappa shape index (κ3) is 4.61. The lowest BCUT2D eigenvalue weighted by atomic mass is 9.91. The molecule has 1 heterocycles. The monoisotopic (exact) mass is 461 g/mol. The molecule has 1 N–H and O–H groups in total.